The van der Waals surface area contributed by atoms with Crippen LogP contribution < -0.4 is 8.90 Å². The Balaban J connectivity index is 1.98. The molecule has 0 aliphatic heterocycles. The molecule has 0 amide bonds. The first-order valence-corrected chi connectivity index (χ1v) is 18.7. The summed E-state index contributed by atoms with van der Waals surface area (Å²) in [6.45, 7) is 1.66. The third-order valence-corrected chi connectivity index (χ3v) is 10.9. The van der Waals surface area contributed by atoms with Crippen molar-refractivity contribution < 1.29 is 13.2 Å². The molecule has 0 aliphatic carbocycles. The molecule has 0 spiro atoms. The second-order valence-corrected chi connectivity index (χ2v) is 22.6. The maximum absolute atomic E-state index is 12.5. The topological polar surface area (TPSA) is 24.9 Å². The Morgan fingerprint density at radius 3 is 2.36 bits per heavy atom. The summed E-state index contributed by atoms with van der Waals surface area (Å²) in [5, 5.41) is 2.40. The molecule has 7 heteroatoms. The molecule has 0 saturated heterocycles. The van der Waals surface area contributed by atoms with E-state index in [9.17, 15) is 13.2 Å². The third-order valence-electron chi connectivity index (χ3n) is 4.00. The number of benzene rings is 2. The molecular weight excluding hydrogens is 452 g/mol. The predicted molar refractivity (Wildman–Crippen MR) is 102 cm³/mol. The van der Waals surface area contributed by atoms with Gasteiger partial charge in [-0.15, -0.1) is 0 Å². The zero-order valence-electron chi connectivity index (χ0n) is 14.5. The first-order valence-electron chi connectivity index (χ1n) is 7.90. The monoisotopic (exact) mass is 472 g/mol. The molecule has 1 heterocycles. The second-order valence-electron chi connectivity index (χ2n) is 7.10. The molecule has 0 atom stereocenters. The minimum atomic E-state index is -4.43. The molecule has 2 aromatic carbocycles. The van der Waals surface area contributed by atoms with E-state index >= 15 is 0 Å². The minimum absolute atomic E-state index is 0.0708. The van der Waals surface area contributed by atoms with E-state index in [1.165, 1.54) is 9.65 Å². The van der Waals surface area contributed by atoms with E-state index in [4.69, 9.17) is 4.98 Å². The van der Waals surface area contributed by atoms with Gasteiger partial charge in [0, 0.05) is 0 Å². The molecule has 25 heavy (non-hydrogen) atoms. The molecule has 0 fully saturated rings. The van der Waals surface area contributed by atoms with E-state index in [2.05, 4.69) is 33.0 Å². The molecular formula is C18H19F3N2SSn. The Morgan fingerprint density at radius 1 is 1.04 bits per heavy atom. The van der Waals surface area contributed by atoms with E-state index in [1.807, 2.05) is 0 Å². The number of hydrogen-bond acceptors (Lipinski definition) is 3. The molecule has 0 bridgehead atoms. The number of fused-ring (bicyclic) bond motifs is 1. The van der Waals surface area contributed by atoms with Crippen molar-refractivity contribution in [3.63, 3.8) is 0 Å². The maximum atomic E-state index is 12.5. The molecule has 132 valence electrons. The van der Waals surface area contributed by atoms with Crippen molar-refractivity contribution in [3.05, 3.63) is 42.0 Å². The van der Waals surface area contributed by atoms with Gasteiger partial charge in [0.2, 0.25) is 0 Å². The number of aryl methyl sites for hydroxylation is 1. The van der Waals surface area contributed by atoms with Crippen LogP contribution in [0.2, 0.25) is 14.8 Å². The van der Waals surface area contributed by atoms with E-state index in [-0.39, 0.29) is 5.69 Å². The number of anilines is 1. The van der Waals surface area contributed by atoms with Crippen molar-refractivity contribution in [1.82, 2.24) is 4.98 Å². The van der Waals surface area contributed by atoms with Crippen molar-refractivity contribution in [2.75, 3.05) is 5.32 Å². The van der Waals surface area contributed by atoms with Crippen LogP contribution in [0.15, 0.2) is 36.4 Å². The van der Waals surface area contributed by atoms with Gasteiger partial charge in [0.05, 0.1) is 0 Å². The fraction of sp³-hybridized carbons (Fsp3) is 0.278. The van der Waals surface area contributed by atoms with Gasteiger partial charge < -0.3 is 0 Å². The van der Waals surface area contributed by atoms with Crippen LogP contribution in [0.25, 0.3) is 20.8 Å². The molecule has 2 nitrogen and oxygen atoms in total. The van der Waals surface area contributed by atoms with Gasteiger partial charge in [-0.3, -0.25) is 0 Å². The second kappa shape index (κ2) is 6.46. The predicted octanol–water partition coefficient (Wildman–Crippen LogP) is 5.75. The van der Waals surface area contributed by atoms with Crippen molar-refractivity contribution in [1.29, 1.82) is 0 Å². The average molecular weight is 471 g/mol. The molecule has 0 unspecified atom stereocenters. The van der Waals surface area contributed by atoms with Gasteiger partial charge in [-0.25, -0.2) is 0 Å². The molecule has 3 aromatic rings. The van der Waals surface area contributed by atoms with Crippen LogP contribution in [-0.2, 0) is 0 Å². The Labute approximate surface area is 153 Å². The van der Waals surface area contributed by atoms with Gasteiger partial charge in [0.1, 0.15) is 0 Å². The summed E-state index contributed by atoms with van der Waals surface area (Å²) in [5.41, 5.74) is 2.42. The van der Waals surface area contributed by atoms with Crippen molar-refractivity contribution in [3.8, 4) is 10.6 Å². The first-order chi connectivity index (χ1) is 11.5. The summed E-state index contributed by atoms with van der Waals surface area (Å²) in [4.78, 5) is 11.8. The number of nitrogens with zero attached hydrogens (tertiary/aromatic N) is 1. The zero-order chi connectivity index (χ0) is 18.4. The SMILES string of the molecule is Cc1cc(-c2nc3c[c]([Sn]([CH3])([CH3])[CH3])ccc3s2)ccc1NC(F)(F)F. The van der Waals surface area contributed by atoms with Crippen molar-refractivity contribution in [2.45, 2.75) is 28.0 Å². The molecule has 3 rings (SSSR count). The van der Waals surface area contributed by atoms with Crippen molar-refractivity contribution in [2.24, 2.45) is 0 Å². The Bertz CT molecular complexity index is 926. The molecule has 0 saturated carbocycles. The van der Waals surface area contributed by atoms with E-state index in [0.29, 0.717) is 5.56 Å². The van der Waals surface area contributed by atoms with Gasteiger partial charge in [-0.2, -0.15) is 0 Å². The number of aromatic nitrogens is 1. The van der Waals surface area contributed by atoms with Crippen LogP contribution in [0.1, 0.15) is 5.56 Å². The number of alkyl halides is 3. The zero-order valence-corrected chi connectivity index (χ0v) is 18.1. The fourth-order valence-electron chi connectivity index (χ4n) is 2.61. The van der Waals surface area contributed by atoms with E-state index < -0.39 is 24.7 Å². The standard InChI is InChI=1S/C15H10F3N2S.3CH3.Sn/c1-9-8-10(6-7-11(9)20-15(16,17)18)14-19-12-4-2-3-5-13(12)21-14;;;;/h3-8,20H,1H3;3*1H3;. The molecule has 1 N–H and O–H groups in total. The number of nitrogens with one attached hydrogen (secondary N) is 1. The van der Waals surface area contributed by atoms with Crippen LogP contribution in [0.3, 0.4) is 0 Å². The van der Waals surface area contributed by atoms with E-state index in [1.54, 1.807) is 35.7 Å². The number of rotatable bonds is 3. The Hall–Kier alpha value is -1.28. The summed E-state index contributed by atoms with van der Waals surface area (Å²) in [7, 11) is 0. The molecule has 0 radical (unpaired) electrons. The quantitative estimate of drug-likeness (QED) is 0.389. The summed E-state index contributed by atoms with van der Waals surface area (Å²) in [6.07, 6.45) is -4.43. The summed E-state index contributed by atoms with van der Waals surface area (Å²) < 4.78 is 40.0. The van der Waals surface area contributed by atoms with Crippen LogP contribution in [0.4, 0.5) is 18.9 Å². The van der Waals surface area contributed by atoms with Gasteiger partial charge in [0.15, 0.2) is 0 Å². The Morgan fingerprint density at radius 2 is 1.76 bits per heavy atom. The van der Waals surface area contributed by atoms with Crippen molar-refractivity contribution >= 4 is 49.2 Å². The van der Waals surface area contributed by atoms with Crippen LogP contribution in [0.5, 0.6) is 0 Å². The molecule has 1 aromatic heterocycles. The summed E-state index contributed by atoms with van der Waals surface area (Å²) in [6, 6.07) is 11.4. The van der Waals surface area contributed by atoms with Crippen LogP contribution in [-0.4, -0.2) is 29.7 Å². The Kier molecular flexibility index (Phi) is 4.79. The van der Waals surface area contributed by atoms with Gasteiger partial charge >= 0.3 is 153 Å². The molecule has 0 aliphatic rings. The summed E-state index contributed by atoms with van der Waals surface area (Å²) in [5.74, 6) is 0. The van der Waals surface area contributed by atoms with Gasteiger partial charge in [-0.05, 0) is 0 Å². The van der Waals surface area contributed by atoms with Gasteiger partial charge in [0.25, 0.3) is 0 Å². The normalized spacial score (nSPS) is 12.6. The van der Waals surface area contributed by atoms with E-state index in [0.717, 1.165) is 20.8 Å². The number of thiazole rings is 1. The fourth-order valence-corrected chi connectivity index (χ4v) is 6.84. The van der Waals surface area contributed by atoms with Crippen LogP contribution >= 0.6 is 11.3 Å². The number of hydrogen-bond donors (Lipinski definition) is 1. The van der Waals surface area contributed by atoms with Gasteiger partial charge in [-0.1, -0.05) is 0 Å². The summed E-state index contributed by atoms with van der Waals surface area (Å²) >= 11 is -0.586. The third kappa shape index (κ3) is 4.28. The number of halogens is 3. The van der Waals surface area contributed by atoms with Crippen LogP contribution in [0, 0.1) is 6.92 Å². The average Bonchev–Trinajstić information content (AvgIpc) is 2.90. The first kappa shape index (κ1) is 18.5.